The van der Waals surface area contributed by atoms with Gasteiger partial charge in [0.05, 0.1) is 0 Å². The lowest BCUT2D eigenvalue weighted by molar-refractivity contribution is 0.100. The molecule has 0 spiro atoms. The SMILES string of the molecule is CCCC(CS)CN(CCCO)C1CCC1. The summed E-state index contributed by atoms with van der Waals surface area (Å²) in [5.74, 6) is 1.73. The number of aliphatic hydroxyl groups is 1. The normalized spacial score (nSPS) is 18.8. The Hall–Kier alpha value is 0.270. The van der Waals surface area contributed by atoms with Crippen LogP contribution in [0.1, 0.15) is 45.4 Å². The second-order valence-electron chi connectivity index (χ2n) is 4.99. The Bertz CT molecular complexity index is 173. The summed E-state index contributed by atoms with van der Waals surface area (Å²) >= 11 is 4.45. The summed E-state index contributed by atoms with van der Waals surface area (Å²) in [6.45, 7) is 4.82. The van der Waals surface area contributed by atoms with Crippen molar-refractivity contribution >= 4 is 12.6 Å². The fraction of sp³-hybridized carbons (Fsp3) is 1.00. The zero-order valence-electron chi connectivity index (χ0n) is 10.6. The van der Waals surface area contributed by atoms with Crippen LogP contribution in [0.5, 0.6) is 0 Å². The minimum atomic E-state index is 0.322. The maximum Gasteiger partial charge on any atom is 0.0443 e. The average molecular weight is 245 g/mol. The Morgan fingerprint density at radius 1 is 1.44 bits per heavy atom. The molecular formula is C13H27NOS. The number of aliphatic hydroxyl groups excluding tert-OH is 1. The summed E-state index contributed by atoms with van der Waals surface area (Å²) in [7, 11) is 0. The van der Waals surface area contributed by atoms with Crippen LogP contribution < -0.4 is 0 Å². The average Bonchev–Trinajstić information content (AvgIpc) is 2.22. The van der Waals surface area contributed by atoms with Gasteiger partial charge in [0.25, 0.3) is 0 Å². The van der Waals surface area contributed by atoms with Crippen LogP contribution in [0.3, 0.4) is 0 Å². The predicted octanol–water partition coefficient (Wildman–Crippen LogP) is 2.57. The molecule has 1 fully saturated rings. The van der Waals surface area contributed by atoms with E-state index >= 15 is 0 Å². The van der Waals surface area contributed by atoms with Crippen molar-refractivity contribution in [1.82, 2.24) is 4.90 Å². The third-order valence-electron chi connectivity index (χ3n) is 3.64. The number of rotatable bonds is 9. The highest BCUT2D eigenvalue weighted by atomic mass is 32.1. The molecule has 1 atom stereocenters. The Kier molecular flexibility index (Phi) is 7.50. The summed E-state index contributed by atoms with van der Waals surface area (Å²) in [6, 6.07) is 0.797. The van der Waals surface area contributed by atoms with E-state index in [1.807, 2.05) is 0 Å². The van der Waals surface area contributed by atoms with Crippen molar-refractivity contribution in [3.8, 4) is 0 Å². The molecule has 0 aromatic carbocycles. The molecule has 0 aromatic heterocycles. The van der Waals surface area contributed by atoms with Gasteiger partial charge in [-0.25, -0.2) is 0 Å². The highest BCUT2D eigenvalue weighted by Gasteiger charge is 2.25. The molecule has 1 unspecified atom stereocenters. The first-order valence-corrected chi connectivity index (χ1v) is 7.40. The molecule has 0 amide bonds. The lowest BCUT2D eigenvalue weighted by Crippen LogP contribution is -2.43. The van der Waals surface area contributed by atoms with E-state index in [9.17, 15) is 0 Å². The van der Waals surface area contributed by atoms with Gasteiger partial charge in [0.1, 0.15) is 0 Å². The van der Waals surface area contributed by atoms with Crippen LogP contribution in [0.2, 0.25) is 0 Å². The molecule has 1 rings (SSSR count). The van der Waals surface area contributed by atoms with Gasteiger partial charge in [-0.3, -0.25) is 4.90 Å². The first-order valence-electron chi connectivity index (χ1n) is 6.77. The van der Waals surface area contributed by atoms with Crippen molar-refractivity contribution in [3.05, 3.63) is 0 Å². The van der Waals surface area contributed by atoms with E-state index < -0.39 is 0 Å². The lowest BCUT2D eigenvalue weighted by atomic mass is 9.90. The van der Waals surface area contributed by atoms with E-state index in [1.54, 1.807) is 0 Å². The van der Waals surface area contributed by atoms with Gasteiger partial charge in [-0.15, -0.1) is 0 Å². The zero-order chi connectivity index (χ0) is 11.8. The highest BCUT2D eigenvalue weighted by Crippen LogP contribution is 2.26. The van der Waals surface area contributed by atoms with Crippen molar-refractivity contribution in [3.63, 3.8) is 0 Å². The van der Waals surface area contributed by atoms with E-state index in [4.69, 9.17) is 5.11 Å². The van der Waals surface area contributed by atoms with Crippen LogP contribution >= 0.6 is 12.6 Å². The van der Waals surface area contributed by atoms with Crippen LogP contribution in [0.15, 0.2) is 0 Å². The van der Waals surface area contributed by atoms with Crippen molar-refractivity contribution < 1.29 is 5.11 Å². The Morgan fingerprint density at radius 3 is 2.62 bits per heavy atom. The molecule has 0 aromatic rings. The number of thiol groups is 1. The number of hydrogen-bond donors (Lipinski definition) is 2. The van der Waals surface area contributed by atoms with E-state index in [2.05, 4.69) is 24.5 Å². The van der Waals surface area contributed by atoms with Crippen molar-refractivity contribution in [2.45, 2.75) is 51.5 Å². The summed E-state index contributed by atoms with van der Waals surface area (Å²) < 4.78 is 0. The maximum atomic E-state index is 8.94. The largest absolute Gasteiger partial charge is 0.396 e. The van der Waals surface area contributed by atoms with E-state index in [-0.39, 0.29) is 0 Å². The molecule has 16 heavy (non-hydrogen) atoms. The monoisotopic (exact) mass is 245 g/mol. The minimum absolute atomic E-state index is 0.322. The van der Waals surface area contributed by atoms with E-state index in [1.165, 1.54) is 38.6 Å². The third kappa shape index (κ3) is 4.64. The van der Waals surface area contributed by atoms with Crippen LogP contribution in [0.25, 0.3) is 0 Å². The first kappa shape index (κ1) is 14.3. The number of hydrogen-bond acceptors (Lipinski definition) is 3. The van der Waals surface area contributed by atoms with Gasteiger partial charge in [-0.2, -0.15) is 12.6 Å². The summed E-state index contributed by atoms with van der Waals surface area (Å²) in [6.07, 6.45) is 7.56. The predicted molar refractivity (Wildman–Crippen MR) is 73.2 cm³/mol. The van der Waals surface area contributed by atoms with E-state index in [0.717, 1.165) is 30.7 Å². The molecule has 0 saturated heterocycles. The van der Waals surface area contributed by atoms with Crippen LogP contribution in [0, 0.1) is 5.92 Å². The zero-order valence-corrected chi connectivity index (χ0v) is 11.5. The molecule has 1 N–H and O–H groups in total. The molecule has 2 nitrogen and oxygen atoms in total. The molecule has 1 saturated carbocycles. The molecule has 0 aliphatic heterocycles. The third-order valence-corrected chi connectivity index (χ3v) is 4.16. The fourth-order valence-corrected chi connectivity index (χ4v) is 2.73. The molecular weight excluding hydrogens is 218 g/mol. The fourth-order valence-electron chi connectivity index (χ4n) is 2.43. The van der Waals surface area contributed by atoms with E-state index in [0.29, 0.717) is 6.61 Å². The van der Waals surface area contributed by atoms with Crippen LogP contribution in [-0.2, 0) is 0 Å². The maximum absolute atomic E-state index is 8.94. The topological polar surface area (TPSA) is 23.5 Å². The van der Waals surface area contributed by atoms with Gasteiger partial charge in [0, 0.05) is 25.7 Å². The standard InChI is InChI=1S/C13H27NOS/c1-2-5-12(11-16)10-14(8-4-9-15)13-6-3-7-13/h12-13,15-16H,2-11H2,1H3. The molecule has 0 bridgehead atoms. The summed E-state index contributed by atoms with van der Waals surface area (Å²) in [5, 5.41) is 8.94. The van der Waals surface area contributed by atoms with Crippen LogP contribution in [-0.4, -0.2) is 41.5 Å². The Labute approximate surface area is 106 Å². The highest BCUT2D eigenvalue weighted by molar-refractivity contribution is 7.80. The second kappa shape index (κ2) is 8.37. The van der Waals surface area contributed by atoms with Gasteiger partial charge >= 0.3 is 0 Å². The molecule has 0 radical (unpaired) electrons. The number of nitrogens with zero attached hydrogens (tertiary/aromatic N) is 1. The van der Waals surface area contributed by atoms with Gasteiger partial charge in [0.15, 0.2) is 0 Å². The molecule has 0 heterocycles. The van der Waals surface area contributed by atoms with Crippen LogP contribution in [0.4, 0.5) is 0 Å². The van der Waals surface area contributed by atoms with Gasteiger partial charge in [0.2, 0.25) is 0 Å². The smallest absolute Gasteiger partial charge is 0.0443 e. The van der Waals surface area contributed by atoms with Gasteiger partial charge in [-0.05, 0) is 37.4 Å². The van der Waals surface area contributed by atoms with Gasteiger partial charge < -0.3 is 5.11 Å². The molecule has 96 valence electrons. The Balaban J connectivity index is 2.34. The molecule has 3 heteroatoms. The van der Waals surface area contributed by atoms with Gasteiger partial charge in [-0.1, -0.05) is 19.8 Å². The Morgan fingerprint density at radius 2 is 2.19 bits per heavy atom. The first-order chi connectivity index (χ1) is 7.81. The van der Waals surface area contributed by atoms with Crippen molar-refractivity contribution in [1.29, 1.82) is 0 Å². The quantitative estimate of drug-likeness (QED) is 0.610. The molecule has 1 aliphatic carbocycles. The summed E-state index contributed by atoms with van der Waals surface area (Å²) in [5.41, 5.74) is 0. The lowest BCUT2D eigenvalue weighted by Gasteiger charge is -2.39. The van der Waals surface area contributed by atoms with Crippen molar-refractivity contribution in [2.75, 3.05) is 25.4 Å². The summed E-state index contributed by atoms with van der Waals surface area (Å²) in [4.78, 5) is 2.59. The second-order valence-corrected chi connectivity index (χ2v) is 5.36. The minimum Gasteiger partial charge on any atom is -0.396 e. The van der Waals surface area contributed by atoms with Crippen molar-refractivity contribution in [2.24, 2.45) is 5.92 Å². The molecule has 1 aliphatic rings.